The zero-order valence-corrected chi connectivity index (χ0v) is 25.4. The first-order valence-corrected chi connectivity index (χ1v) is 15.5. The monoisotopic (exact) mass is 639 g/mol. The zero-order valence-electron chi connectivity index (χ0n) is 42.4. The van der Waals surface area contributed by atoms with Crippen molar-refractivity contribution in [3.05, 3.63) is 182 Å². The van der Waals surface area contributed by atoms with Crippen LogP contribution < -0.4 is 0 Å². The summed E-state index contributed by atoms with van der Waals surface area (Å²) in [6.45, 7) is 0. The van der Waals surface area contributed by atoms with Crippen molar-refractivity contribution in [2.75, 3.05) is 0 Å². The van der Waals surface area contributed by atoms with E-state index in [4.69, 9.17) is 18.1 Å². The molecule has 1 aromatic heterocycles. The molecule has 0 fully saturated rings. The maximum Gasteiger partial charge on any atom is 0.136 e. The molecule has 0 spiro atoms. The molecule has 0 saturated carbocycles. The van der Waals surface area contributed by atoms with E-state index in [-0.39, 0.29) is 67.7 Å². The minimum Gasteiger partial charge on any atom is -0.456 e. The van der Waals surface area contributed by atoms with Crippen LogP contribution in [0.25, 0.3) is 98.8 Å². The number of hydrogen-bond donors (Lipinski definition) is 0. The van der Waals surface area contributed by atoms with Crippen LogP contribution in [0, 0.1) is 0 Å². The molecule has 0 aliphatic carbocycles. The Morgan fingerprint density at radius 3 is 1.71 bits per heavy atom. The molecule has 0 saturated heterocycles. The van der Waals surface area contributed by atoms with Crippen LogP contribution in [0.15, 0.2) is 186 Å². The standard InChI is InChI=1S/C48H30O/c1-2-12-31(13-3-1)35-28-29-42-45(30-35)49-44-23-11-22-43(48(42)44)47-40-19-8-6-17-38(40)46(39-18-7-9-20-41(39)47)34-26-24-33(25-27-34)37-21-10-15-32-14-4-5-16-36(32)37/h1-30H/i4D,5D,10D,11D,14D,15D,16D,21D,22D,23D,24D,25D,26D,27D,28D,29D,30D. The van der Waals surface area contributed by atoms with Crippen molar-refractivity contribution in [3.63, 3.8) is 0 Å². The molecule has 0 unspecified atom stereocenters. The van der Waals surface area contributed by atoms with Gasteiger partial charge in [-0.1, -0.05) is 163 Å². The van der Waals surface area contributed by atoms with Gasteiger partial charge in [0.2, 0.25) is 0 Å². The first-order chi connectivity index (χ1) is 31.4. The summed E-state index contributed by atoms with van der Waals surface area (Å²) in [5.41, 5.74) is -0.127. The first-order valence-electron chi connectivity index (χ1n) is 24.0. The lowest BCUT2D eigenvalue weighted by molar-refractivity contribution is 0.669. The van der Waals surface area contributed by atoms with Crippen LogP contribution >= 0.6 is 0 Å². The lowest BCUT2D eigenvalue weighted by Crippen LogP contribution is -1.91. The topological polar surface area (TPSA) is 13.1 Å². The van der Waals surface area contributed by atoms with Crippen molar-refractivity contribution in [1.82, 2.24) is 0 Å². The number of hydrogen-bond acceptors (Lipinski definition) is 1. The summed E-state index contributed by atoms with van der Waals surface area (Å²) in [6.07, 6.45) is 0. The van der Waals surface area contributed by atoms with E-state index in [1.54, 1.807) is 78.9 Å². The number of furan rings is 1. The molecule has 0 radical (unpaired) electrons. The Kier molecular flexibility index (Phi) is 3.54. The van der Waals surface area contributed by atoms with Crippen molar-refractivity contribution < 1.29 is 27.7 Å². The Morgan fingerprint density at radius 1 is 0.367 bits per heavy atom. The average molecular weight is 640 g/mol. The Morgan fingerprint density at radius 2 is 0.959 bits per heavy atom. The summed E-state index contributed by atoms with van der Waals surface area (Å²) in [5, 5.41) is 0.826. The maximum absolute atomic E-state index is 9.55. The second kappa shape index (κ2) is 11.1. The Balaban J connectivity index is 1.33. The molecule has 10 aromatic rings. The molecule has 0 bridgehead atoms. The highest BCUT2D eigenvalue weighted by molar-refractivity contribution is 6.25. The van der Waals surface area contributed by atoms with Gasteiger partial charge < -0.3 is 4.42 Å². The van der Waals surface area contributed by atoms with Crippen LogP contribution in [0.1, 0.15) is 23.3 Å². The third kappa shape index (κ3) is 4.40. The molecular formula is C48H30O. The second-order valence-electron chi connectivity index (χ2n) is 11.5. The van der Waals surface area contributed by atoms with Gasteiger partial charge in [0.25, 0.3) is 0 Å². The lowest BCUT2D eigenvalue weighted by atomic mass is 9.84. The van der Waals surface area contributed by atoms with Gasteiger partial charge in [-0.3, -0.25) is 0 Å². The van der Waals surface area contributed by atoms with Gasteiger partial charge in [-0.25, -0.2) is 0 Å². The van der Waals surface area contributed by atoms with Crippen molar-refractivity contribution in [2.45, 2.75) is 0 Å². The SMILES string of the molecule is [2H]c1c([2H])c(-c2c([2H])c([2H])c([2H])c3c([2H])c([2H])c([2H])c([2H])c23)c([2H])c([2H])c1-c1c2ccccc2c(-c2c([2H])c([2H])c([2H])c3oc4c([2H])c(-c5ccccc5)c([2H])c([2H])c4c23)c2ccccc12. The molecule has 1 nitrogen and oxygen atoms in total. The molecule has 0 N–H and O–H groups in total. The number of benzene rings is 9. The minimum atomic E-state index is -0.731. The van der Waals surface area contributed by atoms with Crippen LogP contribution in [0.4, 0.5) is 0 Å². The van der Waals surface area contributed by atoms with E-state index >= 15 is 0 Å². The molecule has 228 valence electrons. The lowest BCUT2D eigenvalue weighted by Gasteiger charge is -2.18. The summed E-state index contributed by atoms with van der Waals surface area (Å²) in [7, 11) is 0. The highest BCUT2D eigenvalue weighted by Crippen LogP contribution is 2.47. The van der Waals surface area contributed by atoms with E-state index < -0.39 is 101 Å². The zero-order chi connectivity index (χ0) is 47.1. The van der Waals surface area contributed by atoms with Gasteiger partial charge in [0.1, 0.15) is 11.2 Å². The van der Waals surface area contributed by atoms with Gasteiger partial charge in [-0.05, 0) is 95.0 Å². The van der Waals surface area contributed by atoms with E-state index in [0.29, 0.717) is 32.7 Å². The predicted molar refractivity (Wildman–Crippen MR) is 208 cm³/mol. The first kappa shape index (κ1) is 15.6. The fourth-order valence-electron chi connectivity index (χ4n) is 6.61. The van der Waals surface area contributed by atoms with Crippen LogP contribution in [0.5, 0.6) is 0 Å². The molecule has 1 heteroatoms. The molecule has 0 aliphatic rings. The van der Waals surface area contributed by atoms with Gasteiger partial charge in [0.05, 0.1) is 23.3 Å². The Bertz CT molecular complexity index is 3750. The molecule has 49 heavy (non-hydrogen) atoms. The second-order valence-corrected chi connectivity index (χ2v) is 11.5. The summed E-state index contributed by atoms with van der Waals surface area (Å²) in [4.78, 5) is 0. The molecule has 10 rings (SSSR count). The van der Waals surface area contributed by atoms with Gasteiger partial charge in [-0.2, -0.15) is 0 Å². The Labute approximate surface area is 308 Å². The molecule has 1 heterocycles. The third-order valence-electron chi connectivity index (χ3n) is 8.75. The van der Waals surface area contributed by atoms with E-state index in [9.17, 15) is 9.60 Å². The van der Waals surface area contributed by atoms with E-state index in [1.807, 2.05) is 0 Å². The highest BCUT2D eigenvalue weighted by atomic mass is 16.3. The maximum atomic E-state index is 9.55. The van der Waals surface area contributed by atoms with Crippen LogP contribution in [0.3, 0.4) is 0 Å². The van der Waals surface area contributed by atoms with Crippen LogP contribution in [0.2, 0.25) is 0 Å². The fourth-order valence-corrected chi connectivity index (χ4v) is 6.61. The highest BCUT2D eigenvalue weighted by Gasteiger charge is 2.20. The quantitative estimate of drug-likeness (QED) is 0.175. The third-order valence-corrected chi connectivity index (χ3v) is 8.75. The van der Waals surface area contributed by atoms with Gasteiger partial charge >= 0.3 is 0 Å². The van der Waals surface area contributed by atoms with Gasteiger partial charge in [0, 0.05) is 10.8 Å². The molecule has 0 atom stereocenters. The van der Waals surface area contributed by atoms with Crippen molar-refractivity contribution in [1.29, 1.82) is 0 Å². The number of rotatable bonds is 4. The van der Waals surface area contributed by atoms with E-state index in [2.05, 4.69) is 0 Å². The summed E-state index contributed by atoms with van der Waals surface area (Å²) < 4.78 is 159. The normalized spacial score (nSPS) is 16.5. The average Bonchev–Trinajstić information content (AvgIpc) is 3.72. The summed E-state index contributed by atoms with van der Waals surface area (Å²) in [5.74, 6) is 0. The van der Waals surface area contributed by atoms with Gasteiger partial charge in [0.15, 0.2) is 0 Å². The predicted octanol–water partition coefficient (Wildman–Crippen LogP) is 13.7. The summed E-state index contributed by atoms with van der Waals surface area (Å²) in [6, 6.07) is 12.7. The summed E-state index contributed by atoms with van der Waals surface area (Å²) >= 11 is 0. The molecule has 0 aliphatic heterocycles. The van der Waals surface area contributed by atoms with E-state index in [0.717, 1.165) is 0 Å². The van der Waals surface area contributed by atoms with Crippen molar-refractivity contribution >= 4 is 54.3 Å². The molecular weight excluding hydrogens is 593 g/mol. The minimum absolute atomic E-state index is 0.00419. The number of fused-ring (bicyclic) bond motifs is 6. The van der Waals surface area contributed by atoms with Crippen LogP contribution in [-0.4, -0.2) is 0 Å². The van der Waals surface area contributed by atoms with Crippen LogP contribution in [-0.2, 0) is 0 Å². The molecule has 9 aromatic carbocycles. The van der Waals surface area contributed by atoms with Crippen molar-refractivity contribution in [3.8, 4) is 44.5 Å². The van der Waals surface area contributed by atoms with Crippen molar-refractivity contribution in [2.24, 2.45) is 0 Å². The Hall–Kier alpha value is -6.44. The largest absolute Gasteiger partial charge is 0.456 e. The fraction of sp³-hybridized carbons (Fsp3) is 0. The van der Waals surface area contributed by atoms with E-state index in [1.165, 1.54) is 0 Å². The smallest absolute Gasteiger partial charge is 0.136 e. The van der Waals surface area contributed by atoms with Gasteiger partial charge in [-0.15, -0.1) is 0 Å². The molecule has 0 amide bonds.